The van der Waals surface area contributed by atoms with Gasteiger partial charge in [0.2, 0.25) is 5.89 Å². The molecular formula is C6H9BrN2O. The van der Waals surface area contributed by atoms with Crippen molar-refractivity contribution in [3.63, 3.8) is 0 Å². The summed E-state index contributed by atoms with van der Waals surface area (Å²) in [6.07, 6.45) is 1.65. The molecule has 1 heterocycles. The van der Waals surface area contributed by atoms with Gasteiger partial charge >= 0.3 is 0 Å². The van der Waals surface area contributed by atoms with Crippen molar-refractivity contribution in [2.24, 2.45) is 0 Å². The van der Waals surface area contributed by atoms with E-state index < -0.39 is 0 Å². The molecule has 0 aromatic carbocycles. The minimum Gasteiger partial charge on any atom is -0.433 e. The Bertz CT molecular complexity index is 209. The van der Waals surface area contributed by atoms with Crippen LogP contribution in [0.3, 0.4) is 0 Å². The van der Waals surface area contributed by atoms with Gasteiger partial charge in [0, 0.05) is 0 Å². The van der Waals surface area contributed by atoms with E-state index in [0.717, 1.165) is 12.4 Å². The fourth-order valence-corrected chi connectivity index (χ4v) is 0.921. The molecule has 0 N–H and O–H groups in total. The first-order valence-corrected chi connectivity index (χ1v) is 3.72. The van der Waals surface area contributed by atoms with Gasteiger partial charge in [-0.15, -0.1) is 0 Å². The molecule has 56 valence electrons. The molecular weight excluding hydrogens is 196 g/mol. The van der Waals surface area contributed by atoms with Crippen LogP contribution in [-0.4, -0.2) is 24.0 Å². The van der Waals surface area contributed by atoms with E-state index in [4.69, 9.17) is 4.42 Å². The maximum absolute atomic E-state index is 5.16. The van der Waals surface area contributed by atoms with Crippen molar-refractivity contribution in [3.05, 3.63) is 16.8 Å². The first-order chi connectivity index (χ1) is 4.68. The third-order valence-corrected chi connectivity index (χ3v) is 1.34. The molecule has 0 spiro atoms. The molecule has 10 heavy (non-hydrogen) atoms. The zero-order valence-electron chi connectivity index (χ0n) is 5.97. The van der Waals surface area contributed by atoms with Crippen LogP contribution in [0.4, 0.5) is 0 Å². The molecule has 1 rings (SSSR count). The Morgan fingerprint density at radius 1 is 1.70 bits per heavy atom. The van der Waals surface area contributed by atoms with Crippen LogP contribution in [0.5, 0.6) is 0 Å². The molecule has 0 unspecified atom stereocenters. The maximum Gasteiger partial charge on any atom is 0.209 e. The average molecular weight is 205 g/mol. The minimum atomic E-state index is 0.685. The van der Waals surface area contributed by atoms with Gasteiger partial charge in [-0.2, -0.15) is 0 Å². The highest BCUT2D eigenvalue weighted by Gasteiger charge is 2.00. The maximum atomic E-state index is 5.16. The highest BCUT2D eigenvalue weighted by Crippen LogP contribution is 2.10. The van der Waals surface area contributed by atoms with Crippen molar-refractivity contribution in [1.29, 1.82) is 0 Å². The lowest BCUT2D eigenvalue weighted by Gasteiger charge is -2.03. The summed E-state index contributed by atoms with van der Waals surface area (Å²) in [5.41, 5.74) is 0. The molecule has 0 aliphatic carbocycles. The molecule has 0 saturated carbocycles. The van der Waals surface area contributed by atoms with E-state index in [1.807, 2.05) is 19.0 Å². The number of oxazole rings is 1. The van der Waals surface area contributed by atoms with Crippen LogP contribution < -0.4 is 0 Å². The number of hydrogen-bond acceptors (Lipinski definition) is 3. The normalized spacial score (nSPS) is 10.8. The van der Waals surface area contributed by atoms with E-state index in [2.05, 4.69) is 20.9 Å². The Hall–Kier alpha value is -0.350. The van der Waals surface area contributed by atoms with Gasteiger partial charge in [-0.05, 0) is 30.0 Å². The van der Waals surface area contributed by atoms with Gasteiger partial charge in [-0.3, -0.25) is 0 Å². The van der Waals surface area contributed by atoms with Crippen molar-refractivity contribution in [2.75, 3.05) is 14.1 Å². The molecule has 0 saturated heterocycles. The Morgan fingerprint density at radius 2 is 2.40 bits per heavy atom. The Balaban J connectivity index is 2.58. The van der Waals surface area contributed by atoms with Crippen LogP contribution >= 0.6 is 15.9 Å². The molecule has 3 nitrogen and oxygen atoms in total. The summed E-state index contributed by atoms with van der Waals surface area (Å²) in [7, 11) is 3.94. The smallest absolute Gasteiger partial charge is 0.209 e. The molecule has 1 aromatic heterocycles. The monoisotopic (exact) mass is 204 g/mol. The number of rotatable bonds is 2. The van der Waals surface area contributed by atoms with Gasteiger partial charge in [-0.25, -0.2) is 4.98 Å². The first-order valence-electron chi connectivity index (χ1n) is 2.93. The lowest BCUT2D eigenvalue weighted by Crippen LogP contribution is -2.10. The zero-order valence-corrected chi connectivity index (χ0v) is 7.55. The van der Waals surface area contributed by atoms with Gasteiger partial charge in [-0.1, -0.05) is 0 Å². The third-order valence-electron chi connectivity index (χ3n) is 0.977. The summed E-state index contributed by atoms with van der Waals surface area (Å²) in [6, 6.07) is 0. The van der Waals surface area contributed by atoms with Gasteiger partial charge < -0.3 is 9.32 Å². The van der Waals surface area contributed by atoms with Gasteiger partial charge in [0.15, 0.2) is 4.67 Å². The number of hydrogen-bond donors (Lipinski definition) is 0. The fraction of sp³-hybridized carbons (Fsp3) is 0.500. The van der Waals surface area contributed by atoms with Crippen LogP contribution in [0.2, 0.25) is 0 Å². The topological polar surface area (TPSA) is 29.3 Å². The Morgan fingerprint density at radius 3 is 2.80 bits per heavy atom. The summed E-state index contributed by atoms with van der Waals surface area (Å²) in [6.45, 7) is 0.742. The SMILES string of the molecule is CN(C)Cc1ncc(Br)o1. The van der Waals surface area contributed by atoms with Crippen molar-refractivity contribution in [2.45, 2.75) is 6.54 Å². The lowest BCUT2D eigenvalue weighted by molar-refractivity contribution is 0.336. The number of aromatic nitrogens is 1. The van der Waals surface area contributed by atoms with Crippen molar-refractivity contribution >= 4 is 15.9 Å². The fourth-order valence-electron chi connectivity index (χ4n) is 0.632. The van der Waals surface area contributed by atoms with Gasteiger partial charge in [0.25, 0.3) is 0 Å². The first kappa shape index (κ1) is 7.75. The molecule has 0 bridgehead atoms. The quantitative estimate of drug-likeness (QED) is 0.732. The standard InChI is InChI=1S/C6H9BrN2O/c1-9(2)4-6-8-3-5(7)10-6/h3H,4H2,1-2H3. The van der Waals surface area contributed by atoms with E-state index >= 15 is 0 Å². The van der Waals surface area contributed by atoms with E-state index in [-0.39, 0.29) is 0 Å². The molecule has 0 aliphatic rings. The van der Waals surface area contributed by atoms with E-state index in [1.165, 1.54) is 0 Å². The van der Waals surface area contributed by atoms with Crippen LogP contribution in [0, 0.1) is 0 Å². The van der Waals surface area contributed by atoms with Crippen LogP contribution in [0.15, 0.2) is 15.3 Å². The lowest BCUT2D eigenvalue weighted by atomic mass is 10.6. The summed E-state index contributed by atoms with van der Waals surface area (Å²) in [5.74, 6) is 0.733. The van der Waals surface area contributed by atoms with E-state index in [9.17, 15) is 0 Å². The van der Waals surface area contributed by atoms with Gasteiger partial charge in [0.05, 0.1) is 12.7 Å². The summed E-state index contributed by atoms with van der Waals surface area (Å²) >= 11 is 3.17. The second-order valence-corrected chi connectivity index (χ2v) is 3.08. The van der Waals surface area contributed by atoms with Crippen LogP contribution in [0.1, 0.15) is 5.89 Å². The summed E-state index contributed by atoms with van der Waals surface area (Å²) in [5, 5.41) is 0. The van der Waals surface area contributed by atoms with Crippen LogP contribution in [0.25, 0.3) is 0 Å². The van der Waals surface area contributed by atoms with Crippen molar-refractivity contribution < 1.29 is 4.42 Å². The molecule has 0 fully saturated rings. The molecule has 4 heteroatoms. The molecule has 0 radical (unpaired) electrons. The number of halogens is 1. The highest BCUT2D eigenvalue weighted by molar-refractivity contribution is 9.10. The molecule has 0 aliphatic heterocycles. The van der Waals surface area contributed by atoms with Crippen LogP contribution in [-0.2, 0) is 6.54 Å². The molecule has 0 amide bonds. The van der Waals surface area contributed by atoms with Crippen molar-refractivity contribution in [3.8, 4) is 0 Å². The second-order valence-electron chi connectivity index (χ2n) is 2.30. The average Bonchev–Trinajstić information content (AvgIpc) is 2.13. The predicted octanol–water partition coefficient (Wildman–Crippen LogP) is 1.50. The Kier molecular flexibility index (Phi) is 2.45. The number of nitrogens with zero attached hydrogens (tertiary/aromatic N) is 2. The zero-order chi connectivity index (χ0) is 7.56. The third kappa shape index (κ3) is 2.11. The summed E-state index contributed by atoms with van der Waals surface area (Å²) < 4.78 is 5.84. The molecule has 0 atom stereocenters. The minimum absolute atomic E-state index is 0.685. The highest BCUT2D eigenvalue weighted by atomic mass is 79.9. The van der Waals surface area contributed by atoms with E-state index in [1.54, 1.807) is 6.20 Å². The summed E-state index contributed by atoms with van der Waals surface area (Å²) in [4.78, 5) is 6.00. The van der Waals surface area contributed by atoms with Crippen molar-refractivity contribution in [1.82, 2.24) is 9.88 Å². The Labute approximate surface area is 68.2 Å². The predicted molar refractivity (Wildman–Crippen MR) is 41.6 cm³/mol. The second kappa shape index (κ2) is 3.16. The van der Waals surface area contributed by atoms with E-state index in [0.29, 0.717) is 4.67 Å². The largest absolute Gasteiger partial charge is 0.433 e. The molecule has 1 aromatic rings. The van der Waals surface area contributed by atoms with Gasteiger partial charge in [0.1, 0.15) is 0 Å².